The summed E-state index contributed by atoms with van der Waals surface area (Å²) in [5, 5.41) is 0.509. The summed E-state index contributed by atoms with van der Waals surface area (Å²) in [5.41, 5.74) is 0.528. The Morgan fingerprint density at radius 3 is 2.26 bits per heavy atom. The SMILES string of the molecule is FC(F)(F)Oc1ccc(-n2c(Cl)nc3c2=CC(Cl)C(Cl)C=3)cc1. The standard InChI is InChI=1S/C14H8Cl3F3N2O/c15-9-5-11-12(6-10(9)16)22(13(17)21-11)7-1-3-8(4-2-7)23-14(18,19)20/h1-6,9-10H. The minimum Gasteiger partial charge on any atom is -0.406 e. The molecule has 9 heteroatoms. The Bertz CT molecular complexity index is 846. The van der Waals surface area contributed by atoms with E-state index in [1.807, 2.05) is 0 Å². The van der Waals surface area contributed by atoms with Crippen LogP contribution in [-0.4, -0.2) is 26.7 Å². The number of alkyl halides is 5. The van der Waals surface area contributed by atoms with Crippen LogP contribution in [0.5, 0.6) is 5.75 Å². The number of benzene rings is 1. The van der Waals surface area contributed by atoms with E-state index in [0.29, 0.717) is 16.4 Å². The van der Waals surface area contributed by atoms with Crippen LogP contribution >= 0.6 is 34.8 Å². The molecule has 2 aromatic rings. The first kappa shape index (κ1) is 16.5. The van der Waals surface area contributed by atoms with Crippen molar-refractivity contribution in [2.24, 2.45) is 0 Å². The predicted molar refractivity (Wildman–Crippen MR) is 82.7 cm³/mol. The zero-order valence-corrected chi connectivity index (χ0v) is 13.5. The van der Waals surface area contributed by atoms with E-state index < -0.39 is 17.1 Å². The van der Waals surface area contributed by atoms with E-state index in [2.05, 4.69) is 9.72 Å². The second-order valence-electron chi connectivity index (χ2n) is 4.75. The largest absolute Gasteiger partial charge is 0.573 e. The van der Waals surface area contributed by atoms with Crippen LogP contribution in [0.2, 0.25) is 5.28 Å². The average molecular weight is 384 g/mol. The second kappa shape index (κ2) is 5.92. The Kier molecular flexibility index (Phi) is 4.25. The fourth-order valence-corrected chi connectivity index (χ4v) is 2.90. The van der Waals surface area contributed by atoms with E-state index in [0.717, 1.165) is 0 Å². The lowest BCUT2D eigenvalue weighted by Crippen LogP contribution is -2.37. The number of halogens is 6. The Morgan fingerprint density at radius 2 is 1.65 bits per heavy atom. The number of hydrogen-bond acceptors (Lipinski definition) is 2. The van der Waals surface area contributed by atoms with E-state index in [-0.39, 0.29) is 11.0 Å². The molecule has 1 aliphatic rings. The van der Waals surface area contributed by atoms with Gasteiger partial charge in [-0.25, -0.2) is 4.98 Å². The molecular formula is C14H8Cl3F3N2O. The van der Waals surface area contributed by atoms with Crippen molar-refractivity contribution in [3.05, 3.63) is 40.2 Å². The van der Waals surface area contributed by atoms with Crippen molar-refractivity contribution < 1.29 is 17.9 Å². The first-order valence-electron chi connectivity index (χ1n) is 6.37. The third kappa shape index (κ3) is 3.44. The second-order valence-corrected chi connectivity index (χ2v) is 6.10. The summed E-state index contributed by atoms with van der Waals surface area (Å²) in [7, 11) is 0. The van der Waals surface area contributed by atoms with E-state index in [9.17, 15) is 13.2 Å². The summed E-state index contributed by atoms with van der Waals surface area (Å²) >= 11 is 18.3. The highest BCUT2D eigenvalue weighted by atomic mass is 35.5. The molecule has 0 aliphatic heterocycles. The van der Waals surface area contributed by atoms with Gasteiger partial charge in [0.1, 0.15) is 5.75 Å². The van der Waals surface area contributed by atoms with Gasteiger partial charge in [-0.1, -0.05) is 0 Å². The number of rotatable bonds is 2. The molecule has 0 N–H and O–H groups in total. The minimum atomic E-state index is -4.74. The highest BCUT2D eigenvalue weighted by molar-refractivity contribution is 6.34. The summed E-state index contributed by atoms with van der Waals surface area (Å²) in [6, 6.07) is 5.28. The highest BCUT2D eigenvalue weighted by Crippen LogP contribution is 2.24. The Morgan fingerprint density at radius 1 is 1.04 bits per heavy atom. The molecule has 0 saturated carbocycles. The van der Waals surface area contributed by atoms with Gasteiger partial charge in [-0.15, -0.1) is 36.4 Å². The monoisotopic (exact) mass is 382 g/mol. The molecule has 0 fully saturated rings. The fourth-order valence-electron chi connectivity index (χ4n) is 2.23. The molecule has 2 unspecified atom stereocenters. The topological polar surface area (TPSA) is 27.1 Å². The first-order valence-corrected chi connectivity index (χ1v) is 7.62. The number of imidazole rings is 1. The van der Waals surface area contributed by atoms with Crippen LogP contribution in [0.1, 0.15) is 0 Å². The quantitative estimate of drug-likeness (QED) is 0.745. The average Bonchev–Trinajstić information content (AvgIpc) is 2.74. The molecule has 1 aromatic carbocycles. The maximum absolute atomic E-state index is 12.2. The predicted octanol–water partition coefficient (Wildman–Crippen LogP) is 3.21. The number of aromatic nitrogens is 2. The van der Waals surface area contributed by atoms with Gasteiger partial charge in [-0.3, -0.25) is 4.57 Å². The maximum Gasteiger partial charge on any atom is 0.573 e. The van der Waals surface area contributed by atoms with Crippen molar-refractivity contribution in [2.45, 2.75) is 17.1 Å². The summed E-state index contributed by atoms with van der Waals surface area (Å²) < 4.78 is 42.0. The molecule has 122 valence electrons. The van der Waals surface area contributed by atoms with Gasteiger partial charge in [-0.2, -0.15) is 0 Å². The van der Waals surface area contributed by atoms with Crippen molar-refractivity contribution in [2.75, 3.05) is 0 Å². The molecule has 3 rings (SSSR count). The molecular weight excluding hydrogens is 376 g/mol. The van der Waals surface area contributed by atoms with Crippen molar-refractivity contribution in [3.8, 4) is 11.4 Å². The van der Waals surface area contributed by atoms with Gasteiger partial charge in [0.2, 0.25) is 5.28 Å². The molecule has 3 nitrogen and oxygen atoms in total. The van der Waals surface area contributed by atoms with Crippen molar-refractivity contribution >= 4 is 47.0 Å². The van der Waals surface area contributed by atoms with Gasteiger partial charge in [-0.05, 0) is 48.0 Å². The number of ether oxygens (including phenoxy) is 1. The van der Waals surface area contributed by atoms with E-state index in [1.165, 1.54) is 24.3 Å². The third-order valence-corrected chi connectivity index (χ3v) is 4.34. The van der Waals surface area contributed by atoms with Crippen LogP contribution in [0.3, 0.4) is 0 Å². The summed E-state index contributed by atoms with van der Waals surface area (Å²) in [5.74, 6) is -0.321. The lowest BCUT2D eigenvalue weighted by atomic mass is 10.2. The third-order valence-electron chi connectivity index (χ3n) is 3.17. The molecule has 1 heterocycles. The van der Waals surface area contributed by atoms with Crippen LogP contribution in [0.25, 0.3) is 17.8 Å². The van der Waals surface area contributed by atoms with Crippen molar-refractivity contribution in [3.63, 3.8) is 0 Å². The summed E-state index contributed by atoms with van der Waals surface area (Å²) in [4.78, 5) is 4.18. The van der Waals surface area contributed by atoms with E-state index in [1.54, 1.807) is 16.7 Å². The normalized spacial score (nSPS) is 20.4. The van der Waals surface area contributed by atoms with Gasteiger partial charge >= 0.3 is 6.36 Å². The lowest BCUT2D eigenvalue weighted by Gasteiger charge is -2.12. The zero-order valence-electron chi connectivity index (χ0n) is 11.2. The molecule has 0 saturated heterocycles. The first-order chi connectivity index (χ1) is 10.7. The summed E-state index contributed by atoms with van der Waals surface area (Å²) in [6.07, 6.45) is -1.36. The van der Waals surface area contributed by atoms with Crippen LogP contribution < -0.4 is 15.4 Å². The van der Waals surface area contributed by atoms with Crippen molar-refractivity contribution in [1.82, 2.24) is 9.55 Å². The zero-order chi connectivity index (χ0) is 16.8. The molecule has 0 spiro atoms. The molecule has 0 amide bonds. The van der Waals surface area contributed by atoms with Gasteiger partial charge in [0, 0.05) is 5.69 Å². The van der Waals surface area contributed by atoms with Crippen molar-refractivity contribution in [1.29, 1.82) is 0 Å². The Hall–Kier alpha value is -1.37. The maximum atomic E-state index is 12.2. The van der Waals surface area contributed by atoms with Gasteiger partial charge < -0.3 is 4.74 Å². The van der Waals surface area contributed by atoms with Crippen LogP contribution in [0.4, 0.5) is 13.2 Å². The highest BCUT2D eigenvalue weighted by Gasteiger charge is 2.31. The van der Waals surface area contributed by atoms with Gasteiger partial charge in [0.15, 0.2) is 0 Å². The molecule has 1 aliphatic carbocycles. The van der Waals surface area contributed by atoms with Crippen LogP contribution in [0.15, 0.2) is 24.3 Å². The Labute approximate surface area is 143 Å². The van der Waals surface area contributed by atoms with Gasteiger partial charge in [0.05, 0.1) is 21.5 Å². The molecule has 0 bridgehead atoms. The lowest BCUT2D eigenvalue weighted by molar-refractivity contribution is -0.274. The van der Waals surface area contributed by atoms with E-state index in [4.69, 9.17) is 34.8 Å². The number of fused-ring (bicyclic) bond motifs is 1. The Balaban J connectivity index is 2.04. The van der Waals surface area contributed by atoms with Crippen LogP contribution in [0, 0.1) is 0 Å². The molecule has 0 radical (unpaired) electrons. The number of nitrogens with zero attached hydrogens (tertiary/aromatic N) is 2. The molecule has 2 atom stereocenters. The molecule has 1 aromatic heterocycles. The fraction of sp³-hybridized carbons (Fsp3) is 0.214. The van der Waals surface area contributed by atoms with Gasteiger partial charge in [0.25, 0.3) is 0 Å². The number of hydrogen-bond donors (Lipinski definition) is 0. The minimum absolute atomic E-state index is 0.154. The van der Waals surface area contributed by atoms with Crippen LogP contribution in [-0.2, 0) is 0 Å². The summed E-state index contributed by atoms with van der Waals surface area (Å²) in [6.45, 7) is 0. The smallest absolute Gasteiger partial charge is 0.406 e. The molecule has 23 heavy (non-hydrogen) atoms. The van der Waals surface area contributed by atoms with E-state index >= 15 is 0 Å².